The molecule has 8 rings (SSSR count). The Morgan fingerprint density at radius 1 is 0.780 bits per heavy atom. The zero-order valence-corrected chi connectivity index (χ0v) is 34.5. The second-order valence-electron chi connectivity index (χ2n) is 13.3. The van der Waals surface area contributed by atoms with Crippen molar-refractivity contribution < 1.29 is 30.8 Å². The molecule has 0 spiro atoms. The lowest BCUT2D eigenvalue weighted by Crippen LogP contribution is -2.23. The molecule has 0 fully saturated rings. The number of hydrogen-bond acceptors (Lipinski definition) is 12. The van der Waals surface area contributed by atoms with Gasteiger partial charge in [-0.05, 0) is 79.9 Å². The molecule has 302 valence electrons. The minimum Gasteiger partial charge on any atom is -0.449 e. The second-order valence-corrected chi connectivity index (χ2v) is 18.6. The van der Waals surface area contributed by atoms with E-state index in [4.69, 9.17) is 4.42 Å². The zero-order chi connectivity index (χ0) is 41.7. The highest BCUT2D eigenvalue weighted by molar-refractivity contribution is 7.93. The van der Waals surface area contributed by atoms with Gasteiger partial charge in [-0.25, -0.2) is 26.8 Å². The molecule has 0 atom stereocenters. The summed E-state index contributed by atoms with van der Waals surface area (Å²) in [6.07, 6.45) is 12.1. The maximum Gasteiger partial charge on any atom is 0.287 e. The number of sulfone groups is 2. The largest absolute Gasteiger partial charge is 0.449 e. The van der Waals surface area contributed by atoms with E-state index in [9.17, 15) is 26.4 Å². The first-order valence-electron chi connectivity index (χ1n) is 18.3. The van der Waals surface area contributed by atoms with Gasteiger partial charge in [-0.1, -0.05) is 31.2 Å². The van der Waals surface area contributed by atoms with Gasteiger partial charge in [0.15, 0.2) is 11.3 Å². The molecular weight excluding hydrogens is 813 g/mol. The highest BCUT2D eigenvalue weighted by atomic mass is 32.2. The van der Waals surface area contributed by atoms with Crippen molar-refractivity contribution in [1.82, 2.24) is 39.8 Å². The average Bonchev–Trinajstić information content (AvgIpc) is 4.06. The number of furan rings is 1. The number of fused-ring (bicyclic) bond motifs is 2. The lowest BCUT2D eigenvalue weighted by molar-refractivity contribution is 0.0923. The molecule has 59 heavy (non-hydrogen) atoms. The Bertz CT molecular complexity index is 2970. The Labute approximate surface area is 343 Å². The minimum absolute atomic E-state index is 0.163. The smallest absolute Gasteiger partial charge is 0.287 e. The van der Waals surface area contributed by atoms with Gasteiger partial charge in [-0.15, -0.1) is 11.3 Å². The van der Waals surface area contributed by atoms with Crippen LogP contribution in [0.4, 0.5) is 0 Å². The van der Waals surface area contributed by atoms with Crippen LogP contribution in [0.2, 0.25) is 0 Å². The number of thiazole rings is 1. The Morgan fingerprint density at radius 3 is 2.10 bits per heavy atom. The predicted molar refractivity (Wildman–Crippen MR) is 219 cm³/mol. The summed E-state index contributed by atoms with van der Waals surface area (Å²) in [5.41, 5.74) is 3.91. The van der Waals surface area contributed by atoms with Crippen molar-refractivity contribution in [2.45, 2.75) is 65.7 Å². The quantitative estimate of drug-likeness (QED) is 0.138. The summed E-state index contributed by atoms with van der Waals surface area (Å²) >= 11 is 1.17. The number of imidazole rings is 1. The first-order chi connectivity index (χ1) is 28.3. The summed E-state index contributed by atoms with van der Waals surface area (Å²) in [6, 6.07) is 19.8. The summed E-state index contributed by atoms with van der Waals surface area (Å²) in [6.45, 7) is 6.67. The van der Waals surface area contributed by atoms with Crippen LogP contribution in [0.1, 0.15) is 56.1 Å². The molecule has 0 radical (unpaired) electrons. The maximum absolute atomic E-state index is 12.8. The molecule has 6 aromatic heterocycles. The molecule has 6 heterocycles. The van der Waals surface area contributed by atoms with Crippen LogP contribution in [0, 0.1) is 13.8 Å². The van der Waals surface area contributed by atoms with E-state index in [2.05, 4.69) is 30.7 Å². The molecule has 0 saturated heterocycles. The van der Waals surface area contributed by atoms with Crippen LogP contribution < -0.4 is 10.6 Å². The summed E-state index contributed by atoms with van der Waals surface area (Å²) in [5.74, 6) is -0.374. The van der Waals surface area contributed by atoms with E-state index in [0.29, 0.717) is 34.9 Å². The number of nitrogens with zero attached hydrogens (tertiary/aromatic N) is 6. The van der Waals surface area contributed by atoms with Crippen molar-refractivity contribution in [3.8, 4) is 0 Å². The van der Waals surface area contributed by atoms with E-state index < -0.39 is 19.7 Å². The van der Waals surface area contributed by atoms with Gasteiger partial charge in [-0.2, -0.15) is 5.10 Å². The number of amides is 2. The number of benzene rings is 2. The van der Waals surface area contributed by atoms with Gasteiger partial charge in [0.05, 0.1) is 38.4 Å². The van der Waals surface area contributed by atoms with Gasteiger partial charge < -0.3 is 19.5 Å². The molecule has 0 bridgehead atoms. The minimum atomic E-state index is -3.63. The first kappa shape index (κ1) is 40.7. The second kappa shape index (κ2) is 17.2. The maximum atomic E-state index is 12.8. The molecule has 18 heteroatoms. The molecule has 0 aliphatic rings. The SMILES string of the molecule is CCCn1cc(S(=O)(=O)c2ccc(CNC(=O)c3cc4ccncc4o3)cc2)cn1.Cc1nc(C)c(S(=O)(=O)c2ccc(CNC(=O)c3ccc4nccn4c3)cc2)s1. The van der Waals surface area contributed by atoms with Crippen LogP contribution in [0.15, 0.2) is 139 Å². The number of rotatable bonds is 12. The number of aryl methyl sites for hydroxylation is 3. The molecule has 2 N–H and O–H groups in total. The van der Waals surface area contributed by atoms with Crippen LogP contribution >= 0.6 is 11.3 Å². The number of aromatic nitrogens is 6. The van der Waals surface area contributed by atoms with E-state index in [1.807, 2.05) is 6.92 Å². The number of carbonyl (C=O) groups excluding carboxylic acids is 2. The normalized spacial score (nSPS) is 11.6. The molecule has 2 amide bonds. The summed E-state index contributed by atoms with van der Waals surface area (Å²) in [7, 11) is -7.23. The first-order valence-corrected chi connectivity index (χ1v) is 22.1. The molecule has 0 aliphatic heterocycles. The summed E-state index contributed by atoms with van der Waals surface area (Å²) in [4.78, 5) is 37.6. The van der Waals surface area contributed by atoms with E-state index in [0.717, 1.165) is 28.6 Å². The van der Waals surface area contributed by atoms with Crippen LogP contribution in [-0.4, -0.2) is 57.8 Å². The van der Waals surface area contributed by atoms with Crippen molar-refractivity contribution in [1.29, 1.82) is 0 Å². The van der Waals surface area contributed by atoms with Gasteiger partial charge >= 0.3 is 0 Å². The molecule has 0 unspecified atom stereocenters. The Balaban J connectivity index is 0.000000179. The lowest BCUT2D eigenvalue weighted by Gasteiger charge is -2.08. The van der Waals surface area contributed by atoms with Crippen molar-refractivity contribution in [3.05, 3.63) is 149 Å². The molecule has 8 aromatic rings. The summed E-state index contributed by atoms with van der Waals surface area (Å²) < 4.78 is 60.3. The van der Waals surface area contributed by atoms with Gasteiger partial charge in [-0.3, -0.25) is 19.3 Å². The molecule has 2 aromatic carbocycles. The fraction of sp³-hybridized carbons (Fsp3) is 0.171. The Kier molecular flexibility index (Phi) is 11.8. The third kappa shape index (κ3) is 9.14. The highest BCUT2D eigenvalue weighted by Gasteiger charge is 2.24. The van der Waals surface area contributed by atoms with E-state index in [1.54, 1.807) is 115 Å². The van der Waals surface area contributed by atoms with Crippen LogP contribution in [0.5, 0.6) is 0 Å². The zero-order valence-electron chi connectivity index (χ0n) is 32.1. The standard InChI is InChI=1S/C21H20N4O4S.C20H18N4O3S2/c1-2-9-25-14-18(12-24-25)30(27,28)17-5-3-15(4-6-17)11-23-21(26)19-10-16-7-8-22-13-20(16)29-19;1-13-20(28-14(2)23-13)29(26,27)17-6-3-15(4-7-17)11-22-19(25)16-5-8-18-21-9-10-24(18)12-16/h3-8,10,12-14H,2,9,11H2,1H3,(H,23,26);3-10,12H,11H2,1-2H3,(H,22,25). The predicted octanol–water partition coefficient (Wildman–Crippen LogP) is 6.37. The topological polar surface area (TPSA) is 201 Å². The summed E-state index contributed by atoms with van der Waals surface area (Å²) in [5, 5.41) is 11.2. The van der Waals surface area contributed by atoms with E-state index in [1.165, 1.54) is 35.9 Å². The third-order valence-corrected chi connectivity index (χ3v) is 14.2. The molecule has 0 saturated carbocycles. The third-order valence-electron chi connectivity index (χ3n) is 9.05. The van der Waals surface area contributed by atoms with Crippen molar-refractivity contribution in [2.24, 2.45) is 0 Å². The number of pyridine rings is 2. The number of hydrogen-bond donors (Lipinski definition) is 2. The van der Waals surface area contributed by atoms with Crippen molar-refractivity contribution in [3.63, 3.8) is 0 Å². The lowest BCUT2D eigenvalue weighted by atomic mass is 10.2. The fourth-order valence-corrected chi connectivity index (χ4v) is 10.1. The number of carbonyl (C=O) groups is 2. The fourth-order valence-electron chi connectivity index (χ4n) is 6.02. The molecule has 15 nitrogen and oxygen atoms in total. The monoisotopic (exact) mass is 850 g/mol. The van der Waals surface area contributed by atoms with Crippen LogP contribution in [-0.2, 0) is 39.3 Å². The van der Waals surface area contributed by atoms with E-state index >= 15 is 0 Å². The van der Waals surface area contributed by atoms with Crippen LogP contribution in [0.3, 0.4) is 0 Å². The van der Waals surface area contributed by atoms with Gasteiger partial charge in [0.1, 0.15) is 14.8 Å². The van der Waals surface area contributed by atoms with Crippen LogP contribution in [0.25, 0.3) is 16.6 Å². The Morgan fingerprint density at radius 2 is 1.46 bits per heavy atom. The van der Waals surface area contributed by atoms with Crippen molar-refractivity contribution >= 4 is 59.4 Å². The van der Waals surface area contributed by atoms with Gasteiger partial charge in [0.25, 0.3) is 11.8 Å². The molecule has 0 aliphatic carbocycles. The Hall–Kier alpha value is -6.50. The number of nitrogens with one attached hydrogen (secondary N) is 2. The average molecular weight is 851 g/mol. The van der Waals surface area contributed by atoms with Gasteiger partial charge in [0, 0.05) is 56.0 Å². The van der Waals surface area contributed by atoms with Gasteiger partial charge in [0.2, 0.25) is 19.7 Å². The molecular formula is C41H38N8O7S3. The highest BCUT2D eigenvalue weighted by Crippen LogP contribution is 2.29. The van der Waals surface area contributed by atoms with Crippen molar-refractivity contribution in [2.75, 3.05) is 0 Å². The van der Waals surface area contributed by atoms with E-state index in [-0.39, 0.29) is 43.0 Å².